The van der Waals surface area contributed by atoms with E-state index in [2.05, 4.69) is 0 Å². The number of nitrogens with zero attached hydrogens (tertiary/aromatic N) is 3. The lowest BCUT2D eigenvalue weighted by Gasteiger charge is -2.25. The summed E-state index contributed by atoms with van der Waals surface area (Å²) in [5.74, 6) is -0.560. The fraction of sp³-hybridized carbons (Fsp3) is 0.692. The monoisotopic (exact) mass is 326 g/mol. The predicted octanol–water partition coefficient (Wildman–Crippen LogP) is -1.32. The van der Waals surface area contributed by atoms with Crippen molar-refractivity contribution in [3.05, 3.63) is 31.5 Å². The van der Waals surface area contributed by atoms with E-state index in [9.17, 15) is 19.2 Å². The van der Waals surface area contributed by atoms with E-state index in [1.807, 2.05) is 0 Å². The molecule has 0 bridgehead atoms. The third-order valence-electron chi connectivity index (χ3n) is 3.39. The summed E-state index contributed by atoms with van der Waals surface area (Å²) >= 11 is 0. The Hall–Kier alpha value is -2.10. The fourth-order valence-corrected chi connectivity index (χ4v) is 2.17. The van der Waals surface area contributed by atoms with E-state index in [0.29, 0.717) is 0 Å². The predicted molar refractivity (Wildman–Crippen MR) is 87.0 cm³/mol. The molecule has 0 aliphatic heterocycles. The van der Waals surface area contributed by atoms with Crippen LogP contribution in [0.25, 0.3) is 0 Å². The van der Waals surface area contributed by atoms with Crippen LogP contribution in [-0.2, 0) is 24.4 Å². The Labute approximate surface area is 133 Å². The largest absolute Gasteiger partial charge is 0.472 e. The summed E-state index contributed by atoms with van der Waals surface area (Å²) in [7, 11) is -0.237. The number of rotatable bonds is 7. The van der Waals surface area contributed by atoms with Crippen LogP contribution in [0.5, 0.6) is 0 Å². The molecule has 1 aromatic rings. The summed E-state index contributed by atoms with van der Waals surface area (Å²) in [6.07, 6.45) is 0. The molecule has 1 rings (SSSR count). The van der Waals surface area contributed by atoms with Gasteiger partial charge in [-0.1, -0.05) is 13.8 Å². The Morgan fingerprint density at radius 3 is 1.87 bits per heavy atom. The van der Waals surface area contributed by atoms with Gasteiger partial charge in [0.05, 0.1) is 6.61 Å². The van der Waals surface area contributed by atoms with Gasteiger partial charge in [0.15, 0.2) is 0 Å². The molecule has 0 aliphatic carbocycles. The minimum atomic E-state index is -0.671. The smallest absolute Gasteiger partial charge is 0.336 e. The minimum Gasteiger partial charge on any atom is -0.472 e. The Morgan fingerprint density at radius 2 is 1.48 bits per heavy atom. The molecule has 0 atom stereocenters. The molecule has 0 fully saturated rings. The summed E-state index contributed by atoms with van der Waals surface area (Å²) in [5.41, 5.74) is 2.56. The molecule has 10 heteroatoms. The minimum absolute atomic E-state index is 0.00624. The summed E-state index contributed by atoms with van der Waals surface area (Å²) in [5, 5.41) is 0. The lowest BCUT2D eigenvalue weighted by molar-refractivity contribution is 0.105. The first-order valence-electron chi connectivity index (χ1n) is 7.48. The molecule has 2 N–H and O–H groups in total. The number of carbonyl (C=O) groups is 1. The van der Waals surface area contributed by atoms with E-state index < -0.39 is 28.4 Å². The van der Waals surface area contributed by atoms with Crippen molar-refractivity contribution in [1.82, 2.24) is 13.7 Å². The number of hydrogen-bond acceptors (Lipinski definition) is 6. The maximum absolute atomic E-state index is 12.4. The fourth-order valence-electron chi connectivity index (χ4n) is 2.17. The highest BCUT2D eigenvalue weighted by Gasteiger charge is 2.25. The molecule has 0 unspecified atom stereocenters. The van der Waals surface area contributed by atoms with Crippen LogP contribution in [0.3, 0.4) is 0 Å². The number of ether oxygens (including phenoxy) is 1. The Kier molecular flexibility index (Phi) is 6.14. The molecule has 0 aliphatic rings. The number of carbonyl (C=O) groups excluding carboxylic acids is 1. The molecule has 0 radical (unpaired) electrons. The van der Waals surface area contributed by atoms with Gasteiger partial charge in [-0.25, -0.2) is 28.1 Å². The van der Waals surface area contributed by atoms with Gasteiger partial charge in [0.2, 0.25) is 0 Å². The Morgan fingerprint density at radius 1 is 1.04 bits per heavy atom. The van der Waals surface area contributed by atoms with Gasteiger partial charge in [0, 0.05) is 25.0 Å². The highest BCUT2D eigenvalue weighted by atomic mass is 16.5. The van der Waals surface area contributed by atoms with Crippen molar-refractivity contribution < 1.29 is 9.53 Å². The van der Waals surface area contributed by atoms with Crippen LogP contribution in [-0.4, -0.2) is 33.6 Å². The molecule has 128 valence electrons. The van der Waals surface area contributed by atoms with Gasteiger partial charge in [-0.05, 0) is 13.8 Å². The molecular weight excluding hydrogens is 303 g/mol. The molecule has 1 heterocycles. The quantitative estimate of drug-likeness (QED) is 0.621. The molecular formula is C13H23BN4O5. The zero-order valence-electron chi connectivity index (χ0n) is 14.0. The van der Waals surface area contributed by atoms with Crippen LogP contribution in [0.4, 0.5) is 4.79 Å². The summed E-state index contributed by atoms with van der Waals surface area (Å²) in [4.78, 5) is 48.0. The van der Waals surface area contributed by atoms with Gasteiger partial charge in [-0.15, -0.1) is 0 Å². The van der Waals surface area contributed by atoms with Crippen LogP contribution in [0.2, 0.25) is 0 Å². The lowest BCUT2D eigenvalue weighted by Crippen LogP contribution is -2.55. The van der Waals surface area contributed by atoms with E-state index in [4.69, 9.17) is 10.4 Å². The Balaban J connectivity index is 3.28. The second-order valence-corrected chi connectivity index (χ2v) is 5.95. The van der Waals surface area contributed by atoms with E-state index in [1.54, 1.807) is 27.7 Å². The molecule has 0 saturated heterocycles. The summed E-state index contributed by atoms with van der Waals surface area (Å²) in [6, 6.07) is 0. The molecule has 1 aromatic heterocycles. The molecule has 0 spiro atoms. The van der Waals surface area contributed by atoms with Crippen LogP contribution in [0.1, 0.15) is 27.7 Å². The van der Waals surface area contributed by atoms with E-state index in [0.717, 1.165) is 13.7 Å². The third kappa shape index (κ3) is 4.22. The first kappa shape index (κ1) is 19.0. The van der Waals surface area contributed by atoms with Gasteiger partial charge < -0.3 is 10.4 Å². The van der Waals surface area contributed by atoms with Gasteiger partial charge >= 0.3 is 24.5 Å². The average molecular weight is 326 g/mol. The van der Waals surface area contributed by atoms with Crippen molar-refractivity contribution in [3.63, 3.8) is 0 Å². The topological polar surface area (TPSA) is 118 Å². The second kappa shape index (κ2) is 7.45. The van der Waals surface area contributed by atoms with Crippen molar-refractivity contribution in [2.45, 2.75) is 47.3 Å². The SMILES string of the molecule is CCn1c(=O)n(CC)c(=O)n(CC(C)(C)COC(=O)BN)c1=O. The van der Waals surface area contributed by atoms with Crippen molar-refractivity contribution in [2.75, 3.05) is 6.61 Å². The van der Waals surface area contributed by atoms with Crippen LogP contribution in [0.15, 0.2) is 14.4 Å². The van der Waals surface area contributed by atoms with Crippen molar-refractivity contribution in [3.8, 4) is 0 Å². The number of aromatic nitrogens is 3. The molecule has 23 heavy (non-hydrogen) atoms. The van der Waals surface area contributed by atoms with Crippen molar-refractivity contribution in [2.24, 2.45) is 11.1 Å². The van der Waals surface area contributed by atoms with Crippen LogP contribution in [0, 0.1) is 5.41 Å². The first-order chi connectivity index (χ1) is 10.7. The maximum atomic E-state index is 12.4. The summed E-state index contributed by atoms with van der Waals surface area (Å²) < 4.78 is 8.01. The molecule has 0 saturated carbocycles. The second-order valence-electron chi connectivity index (χ2n) is 5.95. The van der Waals surface area contributed by atoms with Gasteiger partial charge in [0.1, 0.15) is 0 Å². The molecule has 0 amide bonds. The van der Waals surface area contributed by atoms with E-state index in [-0.39, 0.29) is 33.7 Å². The number of hydrogen-bond donors (Lipinski definition) is 1. The van der Waals surface area contributed by atoms with Crippen LogP contribution >= 0.6 is 0 Å². The third-order valence-corrected chi connectivity index (χ3v) is 3.39. The standard InChI is InChI=1S/C13H23BN4O5/c1-5-16-10(20)17(6-2)12(22)18(11(16)21)7-13(3,4)8-23-9(19)14-15/h14H,5-8,15H2,1-4H3. The molecule has 0 aromatic carbocycles. The molecule has 9 nitrogen and oxygen atoms in total. The number of nitrogens with two attached hydrogens (primary N) is 1. The van der Waals surface area contributed by atoms with Gasteiger partial charge in [-0.2, -0.15) is 0 Å². The average Bonchev–Trinajstić information content (AvgIpc) is 2.50. The van der Waals surface area contributed by atoms with Gasteiger partial charge in [0.25, 0.3) is 5.87 Å². The lowest BCUT2D eigenvalue weighted by atomic mass is 9.93. The Bertz CT molecular complexity index is 704. The zero-order chi connectivity index (χ0) is 17.8. The maximum Gasteiger partial charge on any atom is 0.336 e. The summed E-state index contributed by atoms with van der Waals surface area (Å²) in [6.45, 7) is 7.18. The highest BCUT2D eigenvalue weighted by Crippen LogP contribution is 2.17. The van der Waals surface area contributed by atoms with Crippen molar-refractivity contribution in [1.29, 1.82) is 0 Å². The van der Waals surface area contributed by atoms with Crippen LogP contribution < -0.4 is 22.7 Å². The zero-order valence-corrected chi connectivity index (χ0v) is 14.0. The van der Waals surface area contributed by atoms with Gasteiger partial charge in [-0.3, -0.25) is 4.79 Å². The highest BCUT2D eigenvalue weighted by molar-refractivity contribution is 6.69. The van der Waals surface area contributed by atoms with Crippen molar-refractivity contribution >= 4 is 13.3 Å². The van der Waals surface area contributed by atoms with E-state index >= 15 is 0 Å². The first-order valence-corrected chi connectivity index (χ1v) is 7.48. The van der Waals surface area contributed by atoms with E-state index in [1.165, 1.54) is 0 Å². The normalized spacial score (nSPS) is 11.3.